The third-order valence-electron chi connectivity index (χ3n) is 3.59. The average molecular weight is 306 g/mol. The Hall–Kier alpha value is -2.24. The monoisotopic (exact) mass is 306 g/mol. The van der Waals surface area contributed by atoms with Gasteiger partial charge < -0.3 is 19.3 Å². The quantitative estimate of drug-likeness (QED) is 0.861. The first kappa shape index (κ1) is 16.1. The van der Waals surface area contributed by atoms with E-state index in [1.165, 1.54) is 0 Å². The van der Waals surface area contributed by atoms with Gasteiger partial charge in [-0.15, -0.1) is 0 Å². The molecule has 120 valence electrons. The first-order valence-electron chi connectivity index (χ1n) is 7.50. The normalized spacial score (nSPS) is 18.0. The highest BCUT2D eigenvalue weighted by Gasteiger charge is 2.31. The number of carbonyl (C=O) groups is 2. The lowest BCUT2D eigenvalue weighted by Crippen LogP contribution is -2.55. The van der Waals surface area contributed by atoms with Crippen LogP contribution in [0.4, 0.5) is 9.59 Å². The SMILES string of the molecule is CCOC(=O)N1CCN(C(=O)OCc2ccccc2)CC1C. The molecule has 0 spiro atoms. The predicted molar refractivity (Wildman–Crippen MR) is 81.4 cm³/mol. The van der Waals surface area contributed by atoms with E-state index >= 15 is 0 Å². The van der Waals surface area contributed by atoms with E-state index in [4.69, 9.17) is 9.47 Å². The predicted octanol–water partition coefficient (Wildman–Crippen LogP) is 2.49. The first-order valence-corrected chi connectivity index (χ1v) is 7.50. The van der Waals surface area contributed by atoms with Crippen LogP contribution in [-0.4, -0.2) is 54.3 Å². The second-order valence-electron chi connectivity index (χ2n) is 5.23. The minimum Gasteiger partial charge on any atom is -0.450 e. The van der Waals surface area contributed by atoms with E-state index in [1.54, 1.807) is 16.7 Å². The average Bonchev–Trinajstić information content (AvgIpc) is 2.53. The minimum atomic E-state index is -0.348. The molecule has 22 heavy (non-hydrogen) atoms. The van der Waals surface area contributed by atoms with Crippen molar-refractivity contribution in [1.29, 1.82) is 0 Å². The molecule has 1 aliphatic rings. The third-order valence-corrected chi connectivity index (χ3v) is 3.59. The second-order valence-corrected chi connectivity index (χ2v) is 5.23. The minimum absolute atomic E-state index is 0.0860. The van der Waals surface area contributed by atoms with Gasteiger partial charge in [0.05, 0.1) is 12.6 Å². The summed E-state index contributed by atoms with van der Waals surface area (Å²) in [7, 11) is 0. The summed E-state index contributed by atoms with van der Waals surface area (Å²) < 4.78 is 10.3. The molecule has 1 aromatic rings. The smallest absolute Gasteiger partial charge is 0.410 e. The Morgan fingerprint density at radius 3 is 2.50 bits per heavy atom. The number of rotatable bonds is 3. The topological polar surface area (TPSA) is 59.1 Å². The highest BCUT2D eigenvalue weighted by Crippen LogP contribution is 2.13. The van der Waals surface area contributed by atoms with Crippen molar-refractivity contribution >= 4 is 12.2 Å². The maximum absolute atomic E-state index is 12.1. The Morgan fingerprint density at radius 1 is 1.14 bits per heavy atom. The van der Waals surface area contributed by atoms with Crippen LogP contribution in [0.15, 0.2) is 30.3 Å². The summed E-state index contributed by atoms with van der Waals surface area (Å²) >= 11 is 0. The summed E-state index contributed by atoms with van der Waals surface area (Å²) in [5.74, 6) is 0. The van der Waals surface area contributed by atoms with Crippen molar-refractivity contribution in [2.75, 3.05) is 26.2 Å². The second kappa shape index (κ2) is 7.68. The first-order chi connectivity index (χ1) is 10.6. The molecule has 0 bridgehead atoms. The van der Waals surface area contributed by atoms with Crippen LogP contribution in [0.1, 0.15) is 19.4 Å². The van der Waals surface area contributed by atoms with Crippen molar-refractivity contribution in [3.05, 3.63) is 35.9 Å². The number of hydrogen-bond donors (Lipinski definition) is 0. The van der Waals surface area contributed by atoms with E-state index in [0.29, 0.717) is 26.2 Å². The van der Waals surface area contributed by atoms with Gasteiger partial charge in [-0.2, -0.15) is 0 Å². The fraction of sp³-hybridized carbons (Fsp3) is 0.500. The van der Waals surface area contributed by atoms with Gasteiger partial charge in [0.2, 0.25) is 0 Å². The van der Waals surface area contributed by atoms with Gasteiger partial charge in [0, 0.05) is 19.6 Å². The number of piperazine rings is 1. The van der Waals surface area contributed by atoms with E-state index in [-0.39, 0.29) is 24.8 Å². The van der Waals surface area contributed by atoms with Crippen LogP contribution < -0.4 is 0 Å². The molecule has 2 amide bonds. The van der Waals surface area contributed by atoms with Gasteiger partial charge in [0.25, 0.3) is 0 Å². The summed E-state index contributed by atoms with van der Waals surface area (Å²) in [4.78, 5) is 27.1. The fourth-order valence-electron chi connectivity index (χ4n) is 2.41. The number of carbonyl (C=O) groups excluding carboxylic acids is 2. The van der Waals surface area contributed by atoms with Gasteiger partial charge in [0.1, 0.15) is 6.61 Å². The summed E-state index contributed by atoms with van der Waals surface area (Å²) in [5, 5.41) is 0. The van der Waals surface area contributed by atoms with Crippen molar-refractivity contribution in [2.45, 2.75) is 26.5 Å². The zero-order chi connectivity index (χ0) is 15.9. The van der Waals surface area contributed by atoms with Gasteiger partial charge in [-0.3, -0.25) is 0 Å². The molecule has 1 fully saturated rings. The lowest BCUT2D eigenvalue weighted by atomic mass is 10.2. The Balaban J connectivity index is 1.82. The standard InChI is InChI=1S/C16H22N2O4/c1-3-21-16(20)18-10-9-17(11-13(18)2)15(19)22-12-14-7-5-4-6-8-14/h4-8,13H,3,9-12H2,1-2H3. The van der Waals surface area contributed by atoms with Crippen LogP contribution in [0.25, 0.3) is 0 Å². The zero-order valence-electron chi connectivity index (χ0n) is 13.0. The largest absolute Gasteiger partial charge is 0.450 e. The molecule has 0 radical (unpaired) electrons. The summed E-state index contributed by atoms with van der Waals surface area (Å²) in [6.07, 6.45) is -0.675. The molecular formula is C16H22N2O4. The molecule has 0 N–H and O–H groups in total. The van der Waals surface area contributed by atoms with E-state index in [9.17, 15) is 9.59 Å². The highest BCUT2D eigenvalue weighted by atomic mass is 16.6. The van der Waals surface area contributed by atoms with Crippen molar-refractivity contribution in [2.24, 2.45) is 0 Å². The van der Waals surface area contributed by atoms with Crippen LogP contribution >= 0.6 is 0 Å². The van der Waals surface area contributed by atoms with Gasteiger partial charge in [-0.1, -0.05) is 30.3 Å². The van der Waals surface area contributed by atoms with Gasteiger partial charge in [-0.05, 0) is 19.4 Å². The Labute approximate surface area is 130 Å². The Bertz CT molecular complexity index is 506. The number of benzene rings is 1. The summed E-state index contributed by atoms with van der Waals surface area (Å²) in [5.41, 5.74) is 0.953. The lowest BCUT2D eigenvalue weighted by Gasteiger charge is -2.38. The number of amides is 2. The Kier molecular flexibility index (Phi) is 5.63. The van der Waals surface area contributed by atoms with E-state index < -0.39 is 0 Å². The van der Waals surface area contributed by atoms with Gasteiger partial charge in [-0.25, -0.2) is 9.59 Å². The van der Waals surface area contributed by atoms with Crippen LogP contribution in [0.3, 0.4) is 0 Å². The molecule has 0 aliphatic carbocycles. The maximum Gasteiger partial charge on any atom is 0.410 e. The summed E-state index contributed by atoms with van der Waals surface area (Å²) in [6, 6.07) is 9.47. The van der Waals surface area contributed by atoms with Crippen molar-refractivity contribution in [3.8, 4) is 0 Å². The molecule has 0 aromatic heterocycles. The molecular weight excluding hydrogens is 284 g/mol. The highest BCUT2D eigenvalue weighted by molar-refractivity contribution is 5.70. The van der Waals surface area contributed by atoms with E-state index in [0.717, 1.165) is 5.56 Å². The van der Waals surface area contributed by atoms with Gasteiger partial charge in [0.15, 0.2) is 0 Å². The third kappa shape index (κ3) is 4.13. The van der Waals surface area contributed by atoms with E-state index in [1.807, 2.05) is 37.3 Å². The van der Waals surface area contributed by atoms with Crippen LogP contribution in [0.5, 0.6) is 0 Å². The zero-order valence-corrected chi connectivity index (χ0v) is 13.0. The van der Waals surface area contributed by atoms with Crippen molar-refractivity contribution in [1.82, 2.24) is 9.80 Å². The molecule has 1 aromatic carbocycles. The molecule has 0 saturated carbocycles. The molecule has 2 rings (SSSR count). The van der Waals surface area contributed by atoms with Crippen LogP contribution in [0, 0.1) is 0 Å². The molecule has 1 saturated heterocycles. The Morgan fingerprint density at radius 2 is 1.86 bits per heavy atom. The van der Waals surface area contributed by atoms with Crippen LogP contribution in [-0.2, 0) is 16.1 Å². The van der Waals surface area contributed by atoms with E-state index in [2.05, 4.69) is 0 Å². The molecule has 1 atom stereocenters. The van der Waals surface area contributed by atoms with Crippen molar-refractivity contribution in [3.63, 3.8) is 0 Å². The van der Waals surface area contributed by atoms with Gasteiger partial charge >= 0.3 is 12.2 Å². The molecule has 1 heterocycles. The number of nitrogens with zero attached hydrogens (tertiary/aromatic N) is 2. The molecule has 1 unspecified atom stereocenters. The van der Waals surface area contributed by atoms with Crippen LogP contribution in [0.2, 0.25) is 0 Å². The van der Waals surface area contributed by atoms with Crippen molar-refractivity contribution < 1.29 is 19.1 Å². The molecule has 1 aliphatic heterocycles. The lowest BCUT2D eigenvalue weighted by molar-refractivity contribution is 0.0404. The number of hydrogen-bond acceptors (Lipinski definition) is 4. The molecule has 6 nitrogen and oxygen atoms in total. The molecule has 6 heteroatoms. The summed E-state index contributed by atoms with van der Waals surface area (Å²) in [6.45, 7) is 5.65. The maximum atomic E-state index is 12.1. The fourth-order valence-corrected chi connectivity index (χ4v) is 2.41. The number of ether oxygens (including phenoxy) is 2.